The predicted octanol–water partition coefficient (Wildman–Crippen LogP) is 3.26. The molecule has 4 rings (SSSR count). The Morgan fingerprint density at radius 3 is 2.61 bits per heavy atom. The third-order valence-corrected chi connectivity index (χ3v) is 5.28. The minimum atomic E-state index is 0.608. The average Bonchev–Trinajstić information content (AvgIpc) is 3.04. The van der Waals surface area contributed by atoms with Gasteiger partial charge in [-0.3, -0.25) is 4.90 Å². The fourth-order valence-electron chi connectivity index (χ4n) is 3.70. The summed E-state index contributed by atoms with van der Waals surface area (Å²) in [6.45, 7) is 9.40. The molecule has 2 aliphatic heterocycles. The fourth-order valence-corrected chi connectivity index (χ4v) is 3.70. The molecule has 0 spiro atoms. The molecular weight excluding hydrogens is 392 g/mol. The summed E-state index contributed by atoms with van der Waals surface area (Å²) in [6.07, 6.45) is 0.895. The highest BCUT2D eigenvalue weighted by Gasteiger charge is 2.12. The second-order valence-electron chi connectivity index (χ2n) is 7.74. The Labute approximate surface area is 184 Å². The number of nitrogens with one attached hydrogen (secondary N) is 2. The van der Waals surface area contributed by atoms with Crippen molar-refractivity contribution in [2.45, 2.75) is 26.4 Å². The van der Waals surface area contributed by atoms with Crippen molar-refractivity contribution < 1.29 is 14.2 Å². The molecule has 0 aromatic heterocycles. The molecule has 0 aliphatic carbocycles. The van der Waals surface area contributed by atoms with Gasteiger partial charge in [0.25, 0.3) is 0 Å². The minimum Gasteiger partial charge on any atom is -0.490 e. The van der Waals surface area contributed by atoms with E-state index < -0.39 is 0 Å². The molecule has 166 valence electrons. The molecule has 7 heteroatoms. The van der Waals surface area contributed by atoms with Gasteiger partial charge in [-0.05, 0) is 30.2 Å². The van der Waals surface area contributed by atoms with Crippen LogP contribution in [-0.4, -0.2) is 56.9 Å². The van der Waals surface area contributed by atoms with Crippen molar-refractivity contribution in [3.05, 3.63) is 53.6 Å². The van der Waals surface area contributed by atoms with Crippen LogP contribution >= 0.6 is 0 Å². The molecule has 31 heavy (non-hydrogen) atoms. The lowest BCUT2D eigenvalue weighted by Gasteiger charge is -2.26. The molecule has 0 bridgehead atoms. The number of hydrogen-bond donors (Lipinski definition) is 2. The predicted molar refractivity (Wildman–Crippen MR) is 123 cm³/mol. The number of nitrogens with zero attached hydrogens (tertiary/aromatic N) is 2. The summed E-state index contributed by atoms with van der Waals surface area (Å²) in [5, 5.41) is 6.70. The van der Waals surface area contributed by atoms with Crippen LogP contribution in [0.5, 0.6) is 11.5 Å². The summed E-state index contributed by atoms with van der Waals surface area (Å²) in [6, 6.07) is 14.6. The van der Waals surface area contributed by atoms with Crippen molar-refractivity contribution in [3.8, 4) is 11.5 Å². The van der Waals surface area contributed by atoms with Gasteiger partial charge in [0.2, 0.25) is 0 Å². The van der Waals surface area contributed by atoms with E-state index in [0.717, 1.165) is 69.0 Å². The Kier molecular flexibility index (Phi) is 7.63. The lowest BCUT2D eigenvalue weighted by Crippen LogP contribution is -2.35. The van der Waals surface area contributed by atoms with Gasteiger partial charge in [0.15, 0.2) is 17.5 Å². The zero-order chi connectivity index (χ0) is 21.3. The van der Waals surface area contributed by atoms with Crippen LogP contribution in [0.4, 0.5) is 5.69 Å². The highest BCUT2D eigenvalue weighted by molar-refractivity contribution is 5.93. The fraction of sp³-hybridized carbons (Fsp3) is 0.458. The molecule has 7 nitrogen and oxygen atoms in total. The number of rotatable bonds is 6. The van der Waals surface area contributed by atoms with Crippen LogP contribution in [0.3, 0.4) is 0 Å². The van der Waals surface area contributed by atoms with Crippen molar-refractivity contribution in [1.29, 1.82) is 0 Å². The number of morpholine rings is 1. The van der Waals surface area contributed by atoms with E-state index in [1.165, 1.54) is 11.1 Å². The maximum Gasteiger partial charge on any atom is 0.196 e. The quantitative estimate of drug-likeness (QED) is 0.548. The Hall–Kier alpha value is -2.77. The number of benzene rings is 2. The molecule has 1 fully saturated rings. The monoisotopic (exact) mass is 424 g/mol. The average molecular weight is 425 g/mol. The third kappa shape index (κ3) is 6.35. The highest BCUT2D eigenvalue weighted by atomic mass is 16.5. The molecule has 0 amide bonds. The van der Waals surface area contributed by atoms with Crippen molar-refractivity contribution in [1.82, 2.24) is 10.2 Å². The second-order valence-corrected chi connectivity index (χ2v) is 7.74. The van der Waals surface area contributed by atoms with Crippen LogP contribution < -0.4 is 20.1 Å². The zero-order valence-electron chi connectivity index (χ0n) is 18.2. The van der Waals surface area contributed by atoms with E-state index in [0.29, 0.717) is 19.8 Å². The normalized spacial score (nSPS) is 17.1. The SMILES string of the molecule is CCNC(=NCc1cccc(CN2CCOCC2)c1)Nc1ccc2c(c1)OCCCO2. The molecule has 2 aromatic carbocycles. The molecule has 0 atom stereocenters. The summed E-state index contributed by atoms with van der Waals surface area (Å²) in [5.74, 6) is 2.31. The van der Waals surface area contributed by atoms with E-state index >= 15 is 0 Å². The van der Waals surface area contributed by atoms with Gasteiger partial charge in [-0.1, -0.05) is 24.3 Å². The molecule has 0 radical (unpaired) electrons. The molecule has 0 unspecified atom stereocenters. The number of fused-ring (bicyclic) bond motifs is 1. The van der Waals surface area contributed by atoms with Gasteiger partial charge in [-0.2, -0.15) is 0 Å². The molecule has 0 saturated carbocycles. The minimum absolute atomic E-state index is 0.608. The zero-order valence-corrected chi connectivity index (χ0v) is 18.2. The first-order valence-corrected chi connectivity index (χ1v) is 11.1. The van der Waals surface area contributed by atoms with Crippen molar-refractivity contribution in [3.63, 3.8) is 0 Å². The van der Waals surface area contributed by atoms with Crippen LogP contribution in [0.2, 0.25) is 0 Å². The summed E-state index contributed by atoms with van der Waals surface area (Å²) in [5.41, 5.74) is 3.43. The van der Waals surface area contributed by atoms with E-state index in [9.17, 15) is 0 Å². The largest absolute Gasteiger partial charge is 0.490 e. The molecular formula is C24H32N4O3. The van der Waals surface area contributed by atoms with E-state index in [1.807, 2.05) is 18.2 Å². The van der Waals surface area contributed by atoms with Crippen molar-refractivity contribution >= 4 is 11.6 Å². The summed E-state index contributed by atoms with van der Waals surface area (Å²) >= 11 is 0. The summed E-state index contributed by atoms with van der Waals surface area (Å²) in [7, 11) is 0. The lowest BCUT2D eigenvalue weighted by molar-refractivity contribution is 0.0342. The lowest BCUT2D eigenvalue weighted by atomic mass is 10.1. The topological polar surface area (TPSA) is 67.4 Å². The van der Waals surface area contributed by atoms with Crippen LogP contribution in [0.15, 0.2) is 47.5 Å². The number of guanidine groups is 1. The van der Waals surface area contributed by atoms with Gasteiger partial charge >= 0.3 is 0 Å². The first-order chi connectivity index (χ1) is 15.3. The van der Waals surface area contributed by atoms with Gasteiger partial charge in [-0.15, -0.1) is 0 Å². The van der Waals surface area contributed by atoms with E-state index in [2.05, 4.69) is 46.7 Å². The Bertz CT molecular complexity index is 881. The Morgan fingerprint density at radius 2 is 1.77 bits per heavy atom. The van der Waals surface area contributed by atoms with Gasteiger partial charge < -0.3 is 24.8 Å². The summed E-state index contributed by atoms with van der Waals surface area (Å²) < 4.78 is 17.0. The van der Waals surface area contributed by atoms with Gasteiger partial charge in [-0.25, -0.2) is 4.99 Å². The van der Waals surface area contributed by atoms with Gasteiger partial charge in [0.05, 0.1) is 33.0 Å². The van der Waals surface area contributed by atoms with Gasteiger partial charge in [0, 0.05) is 44.4 Å². The smallest absolute Gasteiger partial charge is 0.196 e. The third-order valence-electron chi connectivity index (χ3n) is 5.28. The molecule has 2 N–H and O–H groups in total. The maximum atomic E-state index is 5.80. The first-order valence-electron chi connectivity index (χ1n) is 11.1. The van der Waals surface area contributed by atoms with Crippen LogP contribution in [0.1, 0.15) is 24.5 Å². The van der Waals surface area contributed by atoms with E-state index in [4.69, 9.17) is 19.2 Å². The number of aliphatic imine (C=N–C) groups is 1. The Morgan fingerprint density at radius 1 is 0.968 bits per heavy atom. The van der Waals surface area contributed by atoms with Crippen molar-refractivity contribution in [2.24, 2.45) is 4.99 Å². The molecule has 2 aliphatic rings. The number of hydrogen-bond acceptors (Lipinski definition) is 5. The summed E-state index contributed by atoms with van der Waals surface area (Å²) in [4.78, 5) is 7.22. The van der Waals surface area contributed by atoms with Crippen molar-refractivity contribution in [2.75, 3.05) is 51.4 Å². The maximum absolute atomic E-state index is 5.80. The molecule has 1 saturated heterocycles. The van der Waals surface area contributed by atoms with Crippen LogP contribution in [0.25, 0.3) is 0 Å². The number of ether oxygens (including phenoxy) is 3. The molecule has 2 aromatic rings. The number of anilines is 1. The van der Waals surface area contributed by atoms with Crippen LogP contribution in [0, 0.1) is 0 Å². The first kappa shape index (κ1) is 21.5. The van der Waals surface area contributed by atoms with Crippen LogP contribution in [-0.2, 0) is 17.8 Å². The standard InChI is InChI=1S/C24H32N4O3/c1-2-25-24(27-21-7-8-22-23(16-21)31-12-4-11-30-22)26-17-19-5-3-6-20(15-19)18-28-9-13-29-14-10-28/h3,5-8,15-16H,2,4,9-14,17-18H2,1H3,(H2,25,26,27). The van der Waals surface area contributed by atoms with Gasteiger partial charge in [0.1, 0.15) is 0 Å². The molecule has 2 heterocycles. The second kappa shape index (κ2) is 11.0. The van der Waals surface area contributed by atoms with E-state index in [-0.39, 0.29) is 0 Å². The highest BCUT2D eigenvalue weighted by Crippen LogP contribution is 2.32. The Balaban J connectivity index is 1.41. The van der Waals surface area contributed by atoms with E-state index in [1.54, 1.807) is 0 Å².